The predicted octanol–water partition coefficient (Wildman–Crippen LogP) is 5.37. The van der Waals surface area contributed by atoms with Crippen LogP contribution in [0.2, 0.25) is 5.02 Å². The highest BCUT2D eigenvalue weighted by atomic mass is 35.5. The van der Waals surface area contributed by atoms with Gasteiger partial charge in [-0.05, 0) is 74.2 Å². The number of nitrogens with zero attached hydrogens (tertiary/aromatic N) is 1. The number of nitrogens with one attached hydrogen (secondary N) is 1. The minimum Gasteiger partial charge on any atom is -0.318 e. The summed E-state index contributed by atoms with van der Waals surface area (Å²) in [7, 11) is -3.16. The van der Waals surface area contributed by atoms with E-state index in [2.05, 4.69) is 4.72 Å². The van der Waals surface area contributed by atoms with E-state index in [4.69, 9.17) is 11.6 Å². The first kappa shape index (κ1) is 30.9. The first-order valence-corrected chi connectivity index (χ1v) is 16.0. The minimum absolute atomic E-state index is 0.0146. The van der Waals surface area contributed by atoms with Crippen LogP contribution in [0.1, 0.15) is 74.1 Å². The number of aromatic nitrogens is 1. The molecule has 1 N–H and O–H groups in total. The average molecular weight is 591 g/mol. The Bertz CT molecular complexity index is 1560. The van der Waals surface area contributed by atoms with E-state index in [9.17, 15) is 22.2 Å². The van der Waals surface area contributed by atoms with Crippen LogP contribution in [-0.4, -0.2) is 33.5 Å². The zero-order valence-electron chi connectivity index (χ0n) is 23.1. The number of aryl methyl sites for hydroxylation is 1. The summed E-state index contributed by atoms with van der Waals surface area (Å²) in [6.07, 6.45) is 2.17. The second kappa shape index (κ2) is 12.3. The van der Waals surface area contributed by atoms with Gasteiger partial charge < -0.3 is 4.57 Å². The fourth-order valence-corrected chi connectivity index (χ4v) is 5.97. The van der Waals surface area contributed by atoms with Crippen molar-refractivity contribution in [3.63, 3.8) is 0 Å². The molecule has 0 aliphatic carbocycles. The van der Waals surface area contributed by atoms with Crippen LogP contribution in [0.4, 0.5) is 0 Å². The molecule has 3 aromatic rings. The van der Waals surface area contributed by atoms with Crippen molar-refractivity contribution in [3.05, 3.63) is 92.4 Å². The number of carbonyl (C=O) groups excluding carboxylic acids is 1. The Labute approximate surface area is 238 Å². The monoisotopic (exact) mass is 590 g/mol. The molecular weight excluding hydrogens is 556 g/mol. The smallest absolute Gasteiger partial charge is 0.250 e. The fourth-order valence-electron chi connectivity index (χ4n) is 4.05. The molecule has 0 saturated carbocycles. The number of carbonyl (C=O) groups is 1. The van der Waals surface area contributed by atoms with Crippen LogP contribution in [0.15, 0.2) is 59.5 Å². The standard InChI is InChI=1S/C29H35ClN2O5S2/c1-7-26(31-38(35)29(3,4)5)24-16-27(33)32(6)17-25(24)23-15-19(18-39(36,37)8-2)9-14-22(23)28(34)20-10-12-21(30)13-11-20/h9-17,26,31H,7-8,18H2,1-6H3/t26-,38-/m0/s1. The van der Waals surface area contributed by atoms with Gasteiger partial charge in [0.2, 0.25) is 0 Å². The van der Waals surface area contributed by atoms with Gasteiger partial charge in [0.05, 0.1) is 21.5 Å². The van der Waals surface area contributed by atoms with E-state index in [1.54, 1.807) is 62.6 Å². The van der Waals surface area contributed by atoms with Crippen molar-refractivity contribution in [2.24, 2.45) is 7.05 Å². The zero-order chi connectivity index (χ0) is 29.1. The van der Waals surface area contributed by atoms with Gasteiger partial charge in [0.25, 0.3) is 5.56 Å². The van der Waals surface area contributed by atoms with Crippen LogP contribution >= 0.6 is 11.6 Å². The molecule has 0 spiro atoms. The van der Waals surface area contributed by atoms with Gasteiger partial charge >= 0.3 is 0 Å². The van der Waals surface area contributed by atoms with E-state index in [0.29, 0.717) is 44.8 Å². The Hall–Kier alpha value is -2.59. The summed E-state index contributed by atoms with van der Waals surface area (Å²) in [4.78, 5) is 26.5. The molecule has 2 aromatic carbocycles. The Morgan fingerprint density at radius 2 is 1.69 bits per heavy atom. The molecule has 0 amide bonds. The molecule has 0 saturated heterocycles. The van der Waals surface area contributed by atoms with Crippen molar-refractivity contribution in [2.75, 3.05) is 5.75 Å². The summed E-state index contributed by atoms with van der Waals surface area (Å²) in [6.45, 7) is 9.08. The van der Waals surface area contributed by atoms with Crippen LogP contribution in [0.3, 0.4) is 0 Å². The number of ketones is 1. The molecule has 0 unspecified atom stereocenters. The van der Waals surface area contributed by atoms with Crippen LogP contribution in [-0.2, 0) is 33.6 Å². The summed E-state index contributed by atoms with van der Waals surface area (Å²) in [5.41, 5.74) is 2.69. The highest BCUT2D eigenvalue weighted by Crippen LogP contribution is 2.34. The number of benzene rings is 2. The molecule has 10 heteroatoms. The lowest BCUT2D eigenvalue weighted by atomic mass is 9.89. The number of sulfone groups is 1. The van der Waals surface area contributed by atoms with Crippen LogP contribution in [0.25, 0.3) is 11.1 Å². The summed E-state index contributed by atoms with van der Waals surface area (Å²) in [6, 6.07) is 12.5. The van der Waals surface area contributed by atoms with E-state index in [1.165, 1.54) is 10.6 Å². The Balaban J connectivity index is 2.30. The van der Waals surface area contributed by atoms with Gasteiger partial charge in [0.1, 0.15) is 0 Å². The Kier molecular flexibility index (Phi) is 9.75. The quantitative estimate of drug-likeness (QED) is 0.320. The van der Waals surface area contributed by atoms with Crippen molar-refractivity contribution in [1.29, 1.82) is 0 Å². The highest BCUT2D eigenvalue weighted by molar-refractivity contribution is 7.90. The van der Waals surface area contributed by atoms with E-state index in [-0.39, 0.29) is 22.8 Å². The lowest BCUT2D eigenvalue weighted by Crippen LogP contribution is -2.36. The Morgan fingerprint density at radius 3 is 2.26 bits per heavy atom. The van der Waals surface area contributed by atoms with Crippen molar-refractivity contribution >= 4 is 38.2 Å². The third kappa shape index (κ3) is 7.54. The lowest BCUT2D eigenvalue weighted by Gasteiger charge is -2.26. The summed E-state index contributed by atoms with van der Waals surface area (Å²) in [5.74, 6) is -0.471. The number of halogens is 1. The van der Waals surface area contributed by atoms with Crippen LogP contribution in [0, 0.1) is 0 Å². The van der Waals surface area contributed by atoms with Crippen molar-refractivity contribution in [1.82, 2.24) is 9.29 Å². The molecule has 210 valence electrons. The molecular formula is C29H35ClN2O5S2. The number of rotatable bonds is 10. The highest BCUT2D eigenvalue weighted by Gasteiger charge is 2.27. The zero-order valence-corrected chi connectivity index (χ0v) is 25.5. The van der Waals surface area contributed by atoms with E-state index >= 15 is 0 Å². The largest absolute Gasteiger partial charge is 0.318 e. The molecule has 0 aliphatic heterocycles. The molecule has 0 fully saturated rings. The third-order valence-electron chi connectivity index (χ3n) is 6.40. The van der Waals surface area contributed by atoms with Crippen LogP contribution < -0.4 is 10.3 Å². The lowest BCUT2D eigenvalue weighted by molar-refractivity contribution is 0.103. The maximum absolute atomic E-state index is 13.7. The average Bonchev–Trinajstić information content (AvgIpc) is 2.87. The fraction of sp³-hybridized carbons (Fsp3) is 0.379. The normalized spacial score (nSPS) is 13.7. The van der Waals surface area contributed by atoms with Gasteiger partial charge in [0, 0.05) is 52.8 Å². The van der Waals surface area contributed by atoms with Crippen LogP contribution in [0.5, 0.6) is 0 Å². The second-order valence-electron chi connectivity index (χ2n) is 10.4. The Morgan fingerprint density at radius 1 is 1.05 bits per heavy atom. The maximum Gasteiger partial charge on any atom is 0.250 e. The summed E-state index contributed by atoms with van der Waals surface area (Å²) in [5, 5.41) is 0.496. The molecule has 3 rings (SSSR count). The maximum atomic E-state index is 13.7. The number of hydrogen-bond donors (Lipinski definition) is 1. The molecule has 0 radical (unpaired) electrons. The van der Waals surface area contributed by atoms with Crippen molar-refractivity contribution in [2.45, 2.75) is 57.6 Å². The van der Waals surface area contributed by atoms with E-state index in [1.807, 2.05) is 27.7 Å². The summed E-state index contributed by atoms with van der Waals surface area (Å²) < 4.78 is 42.0. The van der Waals surface area contributed by atoms with Crippen molar-refractivity contribution in [3.8, 4) is 11.1 Å². The number of hydrogen-bond acceptors (Lipinski definition) is 5. The molecule has 1 heterocycles. The first-order chi connectivity index (χ1) is 18.2. The molecule has 0 bridgehead atoms. The van der Waals surface area contributed by atoms with Gasteiger partial charge in [-0.1, -0.05) is 37.6 Å². The molecule has 2 atom stereocenters. The minimum atomic E-state index is -3.35. The second-order valence-corrected chi connectivity index (χ2v) is 15.2. The van der Waals surface area contributed by atoms with Gasteiger partial charge in [-0.15, -0.1) is 0 Å². The van der Waals surface area contributed by atoms with E-state index in [0.717, 1.165) is 0 Å². The summed E-state index contributed by atoms with van der Waals surface area (Å²) >= 11 is 6.03. The predicted molar refractivity (Wildman–Crippen MR) is 159 cm³/mol. The number of pyridine rings is 1. The molecule has 1 aromatic heterocycles. The topological polar surface area (TPSA) is 102 Å². The SMILES string of the molecule is CC[C@H](N[S@@](=O)C(C)(C)C)c1cc(=O)n(C)cc1-c1cc(CS(=O)(=O)CC)ccc1C(=O)c1ccc(Cl)cc1. The molecule has 7 nitrogen and oxygen atoms in total. The molecule has 0 aliphatic rings. The van der Waals surface area contributed by atoms with E-state index < -0.39 is 31.6 Å². The van der Waals surface area contributed by atoms with Crippen molar-refractivity contribution < 1.29 is 17.4 Å². The van der Waals surface area contributed by atoms with Gasteiger partial charge in [-0.2, -0.15) is 0 Å². The molecule has 39 heavy (non-hydrogen) atoms. The third-order valence-corrected chi connectivity index (χ3v) is 9.92. The van der Waals surface area contributed by atoms with Gasteiger partial charge in [-0.25, -0.2) is 17.3 Å². The van der Waals surface area contributed by atoms with Gasteiger partial charge in [-0.3, -0.25) is 9.59 Å². The first-order valence-electron chi connectivity index (χ1n) is 12.7. The van der Waals surface area contributed by atoms with Gasteiger partial charge in [0.15, 0.2) is 15.6 Å².